The van der Waals surface area contributed by atoms with E-state index < -0.39 is 0 Å². The first-order valence-corrected chi connectivity index (χ1v) is 7.89. The standard InChI is InChI=1S/C16H21Cl2NO/c1-10(2)12-6-7-19(9-12)11(3)16(20)14-5-4-13(17)8-15(14)18/h4-5,8,10-12H,6-7,9H2,1-3H3. The molecule has 110 valence electrons. The summed E-state index contributed by atoms with van der Waals surface area (Å²) in [6.07, 6.45) is 1.17. The van der Waals surface area contributed by atoms with Crippen LogP contribution in [0.3, 0.4) is 0 Å². The van der Waals surface area contributed by atoms with Crippen molar-refractivity contribution in [1.82, 2.24) is 4.90 Å². The summed E-state index contributed by atoms with van der Waals surface area (Å²) in [6.45, 7) is 8.44. The van der Waals surface area contributed by atoms with Crippen molar-refractivity contribution in [3.05, 3.63) is 33.8 Å². The van der Waals surface area contributed by atoms with Crippen molar-refractivity contribution in [2.24, 2.45) is 11.8 Å². The maximum atomic E-state index is 12.6. The lowest BCUT2D eigenvalue weighted by Gasteiger charge is -2.24. The normalized spacial score (nSPS) is 21.4. The van der Waals surface area contributed by atoms with Crippen LogP contribution in [-0.2, 0) is 0 Å². The van der Waals surface area contributed by atoms with E-state index in [1.54, 1.807) is 18.2 Å². The summed E-state index contributed by atoms with van der Waals surface area (Å²) in [5.74, 6) is 1.43. The van der Waals surface area contributed by atoms with Gasteiger partial charge in [-0.25, -0.2) is 0 Å². The van der Waals surface area contributed by atoms with Gasteiger partial charge in [-0.15, -0.1) is 0 Å². The molecule has 1 saturated heterocycles. The van der Waals surface area contributed by atoms with Gasteiger partial charge in [0.2, 0.25) is 0 Å². The second-order valence-electron chi connectivity index (χ2n) is 5.95. The molecule has 1 aromatic rings. The van der Waals surface area contributed by atoms with E-state index in [1.165, 1.54) is 6.42 Å². The van der Waals surface area contributed by atoms with E-state index in [-0.39, 0.29) is 11.8 Å². The second-order valence-corrected chi connectivity index (χ2v) is 6.80. The molecule has 0 saturated carbocycles. The fraction of sp³-hybridized carbons (Fsp3) is 0.562. The summed E-state index contributed by atoms with van der Waals surface area (Å²) in [6, 6.07) is 4.94. The van der Waals surface area contributed by atoms with Gasteiger partial charge in [-0.2, -0.15) is 0 Å². The third kappa shape index (κ3) is 3.36. The first-order chi connectivity index (χ1) is 9.40. The average molecular weight is 314 g/mol. The van der Waals surface area contributed by atoms with E-state index in [4.69, 9.17) is 23.2 Å². The van der Waals surface area contributed by atoms with Crippen LogP contribution in [0, 0.1) is 11.8 Å². The van der Waals surface area contributed by atoms with Gasteiger partial charge in [0.15, 0.2) is 5.78 Å². The van der Waals surface area contributed by atoms with E-state index in [0.29, 0.717) is 27.4 Å². The number of hydrogen-bond acceptors (Lipinski definition) is 2. The molecule has 1 aliphatic heterocycles. The highest BCUT2D eigenvalue weighted by molar-refractivity contribution is 6.37. The monoisotopic (exact) mass is 313 g/mol. The number of hydrogen-bond donors (Lipinski definition) is 0. The third-order valence-corrected chi connectivity index (χ3v) is 4.87. The Bertz CT molecular complexity index is 501. The van der Waals surface area contributed by atoms with E-state index in [2.05, 4.69) is 18.7 Å². The number of Topliss-reactive ketones (excluding diaryl/α,β-unsaturated/α-hetero) is 1. The number of carbonyl (C=O) groups is 1. The Hall–Kier alpha value is -0.570. The third-order valence-electron chi connectivity index (χ3n) is 4.32. The molecule has 1 heterocycles. The summed E-state index contributed by atoms with van der Waals surface area (Å²) in [7, 11) is 0. The molecule has 0 aliphatic carbocycles. The van der Waals surface area contributed by atoms with Crippen LogP contribution in [0.15, 0.2) is 18.2 Å². The van der Waals surface area contributed by atoms with Gasteiger partial charge in [-0.05, 0) is 49.9 Å². The van der Waals surface area contributed by atoms with Crippen molar-refractivity contribution in [2.75, 3.05) is 13.1 Å². The van der Waals surface area contributed by atoms with Crippen molar-refractivity contribution in [3.8, 4) is 0 Å². The van der Waals surface area contributed by atoms with Gasteiger partial charge in [0.05, 0.1) is 11.1 Å². The Labute approximate surface area is 131 Å². The number of carbonyl (C=O) groups excluding carboxylic acids is 1. The largest absolute Gasteiger partial charge is 0.293 e. The van der Waals surface area contributed by atoms with Crippen LogP contribution in [0.4, 0.5) is 0 Å². The zero-order valence-electron chi connectivity index (χ0n) is 12.2. The Morgan fingerprint density at radius 3 is 2.55 bits per heavy atom. The molecule has 0 amide bonds. The maximum Gasteiger partial charge on any atom is 0.181 e. The van der Waals surface area contributed by atoms with Gasteiger partial charge < -0.3 is 0 Å². The predicted molar refractivity (Wildman–Crippen MR) is 84.8 cm³/mol. The van der Waals surface area contributed by atoms with Crippen molar-refractivity contribution in [3.63, 3.8) is 0 Å². The van der Waals surface area contributed by atoms with Gasteiger partial charge in [0.1, 0.15) is 0 Å². The van der Waals surface area contributed by atoms with Crippen molar-refractivity contribution in [1.29, 1.82) is 0 Å². The lowest BCUT2D eigenvalue weighted by Crippen LogP contribution is -2.37. The predicted octanol–water partition coefficient (Wildman–Crippen LogP) is 4.54. The Morgan fingerprint density at radius 1 is 1.30 bits per heavy atom. The fourth-order valence-electron chi connectivity index (χ4n) is 2.79. The van der Waals surface area contributed by atoms with Gasteiger partial charge in [0, 0.05) is 17.1 Å². The molecular formula is C16H21Cl2NO. The molecule has 1 fully saturated rings. The summed E-state index contributed by atoms with van der Waals surface area (Å²) in [4.78, 5) is 14.8. The van der Waals surface area contributed by atoms with E-state index in [1.807, 2.05) is 6.92 Å². The topological polar surface area (TPSA) is 20.3 Å². The summed E-state index contributed by atoms with van der Waals surface area (Å²) in [5.41, 5.74) is 0.566. The molecule has 0 aromatic heterocycles. The van der Waals surface area contributed by atoms with Crippen LogP contribution >= 0.6 is 23.2 Å². The molecule has 2 atom stereocenters. The molecule has 4 heteroatoms. The first kappa shape index (κ1) is 15.8. The number of ketones is 1. The van der Waals surface area contributed by atoms with Crippen LogP contribution in [-0.4, -0.2) is 29.8 Å². The zero-order chi connectivity index (χ0) is 14.9. The first-order valence-electron chi connectivity index (χ1n) is 7.13. The molecule has 2 nitrogen and oxygen atoms in total. The molecule has 1 aliphatic rings. The lowest BCUT2D eigenvalue weighted by molar-refractivity contribution is 0.0860. The number of nitrogens with zero attached hydrogens (tertiary/aromatic N) is 1. The quantitative estimate of drug-likeness (QED) is 0.760. The molecular weight excluding hydrogens is 293 g/mol. The molecule has 0 bridgehead atoms. The SMILES string of the molecule is CC(C)C1CCN(C(C)C(=O)c2ccc(Cl)cc2Cl)C1. The molecule has 0 N–H and O–H groups in total. The van der Waals surface area contributed by atoms with Gasteiger partial charge in [-0.1, -0.05) is 37.0 Å². The van der Waals surface area contributed by atoms with Crippen LogP contribution in [0.1, 0.15) is 37.6 Å². The highest BCUT2D eigenvalue weighted by Gasteiger charge is 2.31. The van der Waals surface area contributed by atoms with E-state index in [0.717, 1.165) is 13.1 Å². The van der Waals surface area contributed by atoms with Crippen molar-refractivity contribution in [2.45, 2.75) is 33.2 Å². The van der Waals surface area contributed by atoms with Crippen molar-refractivity contribution >= 4 is 29.0 Å². The van der Waals surface area contributed by atoms with Gasteiger partial charge in [0.25, 0.3) is 0 Å². The number of halogens is 2. The Kier molecular flexibility index (Phi) is 5.11. The molecule has 20 heavy (non-hydrogen) atoms. The highest BCUT2D eigenvalue weighted by Crippen LogP contribution is 2.28. The maximum absolute atomic E-state index is 12.6. The smallest absolute Gasteiger partial charge is 0.181 e. The van der Waals surface area contributed by atoms with E-state index >= 15 is 0 Å². The molecule has 2 rings (SSSR count). The Morgan fingerprint density at radius 2 is 2.00 bits per heavy atom. The minimum Gasteiger partial charge on any atom is -0.293 e. The Balaban J connectivity index is 2.09. The second kappa shape index (κ2) is 6.46. The van der Waals surface area contributed by atoms with Gasteiger partial charge in [-0.3, -0.25) is 9.69 Å². The average Bonchev–Trinajstić information content (AvgIpc) is 2.87. The van der Waals surface area contributed by atoms with Crippen LogP contribution in [0.5, 0.6) is 0 Å². The minimum absolute atomic E-state index is 0.0797. The summed E-state index contributed by atoms with van der Waals surface area (Å²) in [5, 5.41) is 0.995. The summed E-state index contributed by atoms with van der Waals surface area (Å²) < 4.78 is 0. The minimum atomic E-state index is -0.127. The number of rotatable bonds is 4. The fourth-order valence-corrected chi connectivity index (χ4v) is 3.29. The lowest BCUT2D eigenvalue weighted by atomic mass is 9.95. The van der Waals surface area contributed by atoms with Crippen LogP contribution < -0.4 is 0 Å². The van der Waals surface area contributed by atoms with E-state index in [9.17, 15) is 4.79 Å². The van der Waals surface area contributed by atoms with Crippen LogP contribution in [0.25, 0.3) is 0 Å². The van der Waals surface area contributed by atoms with Gasteiger partial charge >= 0.3 is 0 Å². The zero-order valence-corrected chi connectivity index (χ0v) is 13.7. The van der Waals surface area contributed by atoms with Crippen molar-refractivity contribution < 1.29 is 4.79 Å². The number of benzene rings is 1. The molecule has 1 aromatic carbocycles. The highest BCUT2D eigenvalue weighted by atomic mass is 35.5. The molecule has 0 spiro atoms. The summed E-state index contributed by atoms with van der Waals surface area (Å²) >= 11 is 12.0. The van der Waals surface area contributed by atoms with Crippen LogP contribution in [0.2, 0.25) is 10.0 Å². The molecule has 0 radical (unpaired) electrons. The molecule has 2 unspecified atom stereocenters. The number of likely N-dealkylation sites (tertiary alicyclic amines) is 1.